The third-order valence-corrected chi connectivity index (χ3v) is 4.01. The van der Waals surface area contributed by atoms with Gasteiger partial charge in [0, 0.05) is 7.05 Å². The second kappa shape index (κ2) is 4.90. The molecule has 0 amide bonds. The Morgan fingerprint density at radius 1 is 1.44 bits per heavy atom. The fraction of sp³-hybridized carbons (Fsp3) is 0.125. The van der Waals surface area contributed by atoms with Gasteiger partial charge in [0.1, 0.15) is 17.2 Å². The molecule has 2 rings (SSSR count). The molecule has 2 aromatic rings. The Bertz CT molecular complexity index is 711. The minimum Gasteiger partial charge on any atom is -0.383 e. The zero-order chi connectivity index (χ0) is 13.3. The molecule has 0 aliphatic heterocycles. The van der Waals surface area contributed by atoms with E-state index in [1.165, 1.54) is 11.0 Å². The number of nitrogens with one attached hydrogen (secondary N) is 1. The molecule has 0 saturated carbocycles. The van der Waals surface area contributed by atoms with Crippen LogP contribution in [-0.4, -0.2) is 24.7 Å². The summed E-state index contributed by atoms with van der Waals surface area (Å²) >= 11 is 4.32. The maximum absolute atomic E-state index is 11.2. The standard InChI is InChI=1S/C8H7BrN6O2S/c1-15-8(13-5(16)6(17)14-15)18-7-3(9)4(10)11-2-12-7/h2H,1H3,(H,14,17)(H2,10,11,12). The largest absolute Gasteiger partial charge is 0.383 e. The SMILES string of the molecule is Cn1[nH]c(=O)c(=O)nc1Sc1ncnc(N)c1Br. The van der Waals surface area contributed by atoms with Gasteiger partial charge in [-0.25, -0.2) is 9.97 Å². The fourth-order valence-corrected chi connectivity index (χ4v) is 2.30. The van der Waals surface area contributed by atoms with Gasteiger partial charge in [-0.15, -0.1) is 0 Å². The minimum absolute atomic E-state index is 0.280. The molecule has 0 unspecified atom stereocenters. The van der Waals surface area contributed by atoms with Gasteiger partial charge in [0.25, 0.3) is 0 Å². The van der Waals surface area contributed by atoms with Crippen LogP contribution in [0.4, 0.5) is 5.82 Å². The van der Waals surface area contributed by atoms with E-state index < -0.39 is 11.1 Å². The smallest absolute Gasteiger partial charge is 0.339 e. The highest BCUT2D eigenvalue weighted by Crippen LogP contribution is 2.31. The van der Waals surface area contributed by atoms with E-state index in [-0.39, 0.29) is 5.82 Å². The number of hydrogen-bond acceptors (Lipinski definition) is 7. The van der Waals surface area contributed by atoms with Crippen molar-refractivity contribution in [2.45, 2.75) is 10.2 Å². The Morgan fingerprint density at radius 3 is 2.89 bits per heavy atom. The summed E-state index contributed by atoms with van der Waals surface area (Å²) in [6.07, 6.45) is 1.30. The van der Waals surface area contributed by atoms with Crippen molar-refractivity contribution in [2.24, 2.45) is 7.05 Å². The number of nitrogen functional groups attached to an aromatic ring is 1. The molecule has 0 radical (unpaired) electrons. The third kappa shape index (κ3) is 2.43. The van der Waals surface area contributed by atoms with Crippen LogP contribution in [-0.2, 0) is 7.05 Å². The molecule has 94 valence electrons. The number of anilines is 1. The molecule has 2 aromatic heterocycles. The Morgan fingerprint density at radius 2 is 2.17 bits per heavy atom. The lowest BCUT2D eigenvalue weighted by atomic mass is 10.6. The number of hydrogen-bond donors (Lipinski definition) is 2. The first-order valence-corrected chi connectivity index (χ1v) is 6.21. The van der Waals surface area contributed by atoms with Crippen molar-refractivity contribution in [3.8, 4) is 0 Å². The van der Waals surface area contributed by atoms with Crippen molar-refractivity contribution in [1.29, 1.82) is 0 Å². The van der Waals surface area contributed by atoms with Crippen LogP contribution < -0.4 is 16.9 Å². The number of aromatic amines is 1. The van der Waals surface area contributed by atoms with Crippen LogP contribution in [0.15, 0.2) is 30.6 Å². The molecule has 18 heavy (non-hydrogen) atoms. The van der Waals surface area contributed by atoms with Crippen molar-refractivity contribution in [3.63, 3.8) is 0 Å². The van der Waals surface area contributed by atoms with Crippen LogP contribution in [0, 0.1) is 0 Å². The Kier molecular flexibility index (Phi) is 3.48. The van der Waals surface area contributed by atoms with E-state index in [4.69, 9.17) is 5.73 Å². The topological polar surface area (TPSA) is 120 Å². The normalized spacial score (nSPS) is 10.6. The quantitative estimate of drug-likeness (QED) is 0.575. The van der Waals surface area contributed by atoms with Crippen molar-refractivity contribution < 1.29 is 0 Å². The summed E-state index contributed by atoms with van der Waals surface area (Å²) in [5, 5.41) is 3.12. The van der Waals surface area contributed by atoms with E-state index in [0.717, 1.165) is 11.8 Å². The number of aromatic nitrogens is 5. The number of H-pyrrole nitrogens is 1. The van der Waals surface area contributed by atoms with Crippen LogP contribution in [0.1, 0.15) is 0 Å². The lowest BCUT2D eigenvalue weighted by Gasteiger charge is -2.06. The van der Waals surface area contributed by atoms with Crippen LogP contribution in [0.5, 0.6) is 0 Å². The van der Waals surface area contributed by atoms with Gasteiger partial charge in [0.05, 0.1) is 4.47 Å². The molecular weight excluding hydrogens is 324 g/mol. The fourth-order valence-electron chi connectivity index (χ4n) is 1.08. The number of nitrogens with zero attached hydrogens (tertiary/aromatic N) is 4. The van der Waals surface area contributed by atoms with Crippen molar-refractivity contribution >= 4 is 33.5 Å². The molecular formula is C8H7BrN6O2S. The van der Waals surface area contributed by atoms with E-state index in [2.05, 4.69) is 36.0 Å². The molecule has 3 N–H and O–H groups in total. The summed E-state index contributed by atoms with van der Waals surface area (Å²) in [5.41, 5.74) is 3.98. The molecule has 0 saturated heterocycles. The van der Waals surface area contributed by atoms with E-state index in [0.29, 0.717) is 14.7 Å². The van der Waals surface area contributed by atoms with Crippen LogP contribution in [0.25, 0.3) is 0 Å². The van der Waals surface area contributed by atoms with Gasteiger partial charge in [-0.2, -0.15) is 4.98 Å². The summed E-state index contributed by atoms with van der Waals surface area (Å²) < 4.78 is 1.84. The zero-order valence-corrected chi connectivity index (χ0v) is 11.4. The second-order valence-electron chi connectivity index (χ2n) is 3.18. The molecule has 0 fully saturated rings. The predicted octanol–water partition coefficient (Wildman–Crippen LogP) is -0.246. The predicted molar refractivity (Wildman–Crippen MR) is 68.4 cm³/mol. The highest BCUT2D eigenvalue weighted by atomic mass is 79.9. The Labute approximate surface area is 113 Å². The maximum Gasteiger partial charge on any atom is 0.339 e. The van der Waals surface area contributed by atoms with E-state index in [1.807, 2.05) is 0 Å². The van der Waals surface area contributed by atoms with Crippen molar-refractivity contribution in [1.82, 2.24) is 24.7 Å². The first kappa shape index (κ1) is 12.8. The molecule has 2 heterocycles. The Hall–Kier alpha value is -1.68. The zero-order valence-electron chi connectivity index (χ0n) is 9.05. The minimum atomic E-state index is -0.853. The molecule has 10 heteroatoms. The lowest BCUT2D eigenvalue weighted by Crippen LogP contribution is -2.33. The number of nitrogens with two attached hydrogens (primary N) is 1. The van der Waals surface area contributed by atoms with E-state index in [1.54, 1.807) is 7.05 Å². The van der Waals surface area contributed by atoms with Gasteiger partial charge in [0.15, 0.2) is 5.16 Å². The van der Waals surface area contributed by atoms with Gasteiger partial charge in [-0.05, 0) is 27.7 Å². The summed E-state index contributed by atoms with van der Waals surface area (Å²) in [6, 6.07) is 0. The van der Waals surface area contributed by atoms with Gasteiger partial charge >= 0.3 is 11.1 Å². The molecule has 0 bridgehead atoms. The highest BCUT2D eigenvalue weighted by molar-refractivity contribution is 9.10. The molecule has 8 nitrogen and oxygen atoms in total. The first-order chi connectivity index (χ1) is 8.49. The number of halogens is 1. The van der Waals surface area contributed by atoms with E-state index in [9.17, 15) is 9.59 Å². The summed E-state index contributed by atoms with van der Waals surface area (Å²) in [7, 11) is 1.56. The van der Waals surface area contributed by atoms with Gasteiger partial charge in [-0.3, -0.25) is 19.4 Å². The summed E-state index contributed by atoms with van der Waals surface area (Å²) in [5.74, 6) is 0.280. The third-order valence-electron chi connectivity index (χ3n) is 1.92. The highest BCUT2D eigenvalue weighted by Gasteiger charge is 2.11. The van der Waals surface area contributed by atoms with Gasteiger partial charge in [-0.1, -0.05) is 0 Å². The first-order valence-electron chi connectivity index (χ1n) is 4.60. The van der Waals surface area contributed by atoms with Crippen molar-refractivity contribution in [3.05, 3.63) is 31.5 Å². The van der Waals surface area contributed by atoms with E-state index >= 15 is 0 Å². The van der Waals surface area contributed by atoms with Gasteiger partial charge in [0.2, 0.25) is 0 Å². The molecule has 0 aromatic carbocycles. The van der Waals surface area contributed by atoms with Crippen LogP contribution >= 0.6 is 27.7 Å². The molecule has 0 aliphatic carbocycles. The number of aryl methyl sites for hydroxylation is 1. The average molecular weight is 331 g/mol. The Balaban J connectivity index is 2.46. The lowest BCUT2D eigenvalue weighted by molar-refractivity contribution is 0.596. The van der Waals surface area contributed by atoms with Crippen LogP contribution in [0.3, 0.4) is 0 Å². The van der Waals surface area contributed by atoms with Crippen LogP contribution in [0.2, 0.25) is 0 Å². The molecule has 0 atom stereocenters. The maximum atomic E-state index is 11.2. The number of rotatable bonds is 2. The molecule has 0 spiro atoms. The van der Waals surface area contributed by atoms with Crippen molar-refractivity contribution in [2.75, 3.05) is 5.73 Å². The molecule has 0 aliphatic rings. The monoisotopic (exact) mass is 330 g/mol. The summed E-state index contributed by atoms with van der Waals surface area (Å²) in [4.78, 5) is 33.7. The summed E-state index contributed by atoms with van der Waals surface area (Å²) in [6.45, 7) is 0. The second-order valence-corrected chi connectivity index (χ2v) is 4.93. The van der Waals surface area contributed by atoms with Gasteiger partial charge < -0.3 is 5.73 Å². The average Bonchev–Trinajstić information content (AvgIpc) is 2.32.